The van der Waals surface area contributed by atoms with Crippen LogP contribution >= 0.6 is 15.9 Å². The largest absolute Gasteiger partial charge is 0.369 e. The van der Waals surface area contributed by atoms with Gasteiger partial charge in [0.25, 0.3) is 0 Å². The van der Waals surface area contributed by atoms with E-state index in [2.05, 4.69) is 50.9 Å². The Morgan fingerprint density at radius 1 is 1.16 bits per heavy atom. The van der Waals surface area contributed by atoms with Gasteiger partial charge in [-0.15, -0.1) is 0 Å². The molecule has 3 heteroatoms. The van der Waals surface area contributed by atoms with Crippen LogP contribution in [-0.2, 0) is 5.33 Å². The van der Waals surface area contributed by atoms with E-state index >= 15 is 0 Å². The molecule has 0 unspecified atom stereocenters. The molecule has 1 aliphatic carbocycles. The molecule has 0 bridgehead atoms. The summed E-state index contributed by atoms with van der Waals surface area (Å²) in [5, 5.41) is 0.951. The monoisotopic (exact) mass is 322 g/mol. The van der Waals surface area contributed by atoms with E-state index in [1.165, 1.54) is 62.4 Å². The van der Waals surface area contributed by atoms with Gasteiger partial charge in [0.2, 0.25) is 0 Å². The second-order valence-corrected chi connectivity index (χ2v) is 6.56. The molecule has 19 heavy (non-hydrogen) atoms. The predicted molar refractivity (Wildman–Crippen MR) is 85.2 cm³/mol. The smallest absolute Gasteiger partial charge is 0.0408 e. The fraction of sp³-hybridized carbons (Fsp3) is 0.625. The molecule has 0 atom stereocenters. The lowest BCUT2D eigenvalue weighted by Crippen LogP contribution is -2.47. The van der Waals surface area contributed by atoms with Crippen molar-refractivity contribution < 1.29 is 0 Å². The lowest BCUT2D eigenvalue weighted by Gasteiger charge is -2.37. The van der Waals surface area contributed by atoms with E-state index in [-0.39, 0.29) is 0 Å². The van der Waals surface area contributed by atoms with Crippen LogP contribution in [0.2, 0.25) is 0 Å². The first-order chi connectivity index (χ1) is 9.26. The summed E-state index contributed by atoms with van der Waals surface area (Å²) in [6, 6.07) is 6.83. The zero-order valence-corrected chi connectivity index (χ0v) is 13.3. The number of halogens is 1. The quantitative estimate of drug-likeness (QED) is 0.784. The topological polar surface area (TPSA) is 6.48 Å². The minimum atomic E-state index is 0.951. The molecule has 2 aliphatic rings. The highest BCUT2D eigenvalue weighted by Gasteiger charge is 2.26. The predicted octanol–water partition coefficient (Wildman–Crippen LogP) is 3.42. The van der Waals surface area contributed by atoms with Gasteiger partial charge in [-0.2, -0.15) is 0 Å². The van der Waals surface area contributed by atoms with Gasteiger partial charge in [-0.1, -0.05) is 33.6 Å². The molecule has 1 saturated carbocycles. The summed E-state index contributed by atoms with van der Waals surface area (Å²) in [4.78, 5) is 5.20. The van der Waals surface area contributed by atoms with E-state index in [1.54, 1.807) is 0 Å². The summed E-state index contributed by atoms with van der Waals surface area (Å²) >= 11 is 3.62. The van der Waals surface area contributed by atoms with Crippen molar-refractivity contribution in [2.75, 3.05) is 37.6 Å². The molecule has 0 N–H and O–H groups in total. The number of nitrogens with zero attached hydrogens (tertiary/aromatic N) is 2. The van der Waals surface area contributed by atoms with Crippen molar-refractivity contribution in [2.24, 2.45) is 5.92 Å². The number of hydrogen-bond donors (Lipinski definition) is 0. The number of aryl methyl sites for hydroxylation is 1. The first-order valence-electron chi connectivity index (χ1n) is 7.39. The van der Waals surface area contributed by atoms with E-state index in [9.17, 15) is 0 Å². The minimum Gasteiger partial charge on any atom is -0.369 e. The molecule has 1 saturated heterocycles. The maximum Gasteiger partial charge on any atom is 0.0408 e. The van der Waals surface area contributed by atoms with Gasteiger partial charge in [-0.25, -0.2) is 0 Å². The lowest BCUT2D eigenvalue weighted by atomic mass is 10.1. The SMILES string of the molecule is Cc1ccc(N2CCN(CC3CC3)CC2)c(CBr)c1. The molecule has 2 fully saturated rings. The second kappa shape index (κ2) is 5.84. The Labute approximate surface area is 124 Å². The van der Waals surface area contributed by atoms with Crippen molar-refractivity contribution in [3.8, 4) is 0 Å². The molecule has 0 radical (unpaired) electrons. The number of benzene rings is 1. The average molecular weight is 323 g/mol. The third kappa shape index (κ3) is 3.32. The minimum absolute atomic E-state index is 0.951. The zero-order valence-electron chi connectivity index (χ0n) is 11.7. The molecule has 3 rings (SSSR count). The van der Waals surface area contributed by atoms with Gasteiger partial charge in [0.05, 0.1) is 0 Å². The van der Waals surface area contributed by atoms with Crippen molar-refractivity contribution in [1.82, 2.24) is 4.90 Å². The number of rotatable bonds is 4. The molecule has 0 aromatic heterocycles. The van der Waals surface area contributed by atoms with Gasteiger partial charge in [-0.05, 0) is 37.3 Å². The Morgan fingerprint density at radius 2 is 1.89 bits per heavy atom. The first kappa shape index (κ1) is 13.4. The van der Waals surface area contributed by atoms with Crippen molar-refractivity contribution >= 4 is 21.6 Å². The molecular weight excluding hydrogens is 300 g/mol. The summed E-state index contributed by atoms with van der Waals surface area (Å²) in [5.74, 6) is 1.02. The van der Waals surface area contributed by atoms with Crippen molar-refractivity contribution in [1.29, 1.82) is 0 Å². The van der Waals surface area contributed by atoms with Crippen molar-refractivity contribution in [3.63, 3.8) is 0 Å². The summed E-state index contributed by atoms with van der Waals surface area (Å²) < 4.78 is 0. The van der Waals surface area contributed by atoms with Crippen LogP contribution in [-0.4, -0.2) is 37.6 Å². The lowest BCUT2D eigenvalue weighted by molar-refractivity contribution is 0.248. The molecule has 1 aliphatic heterocycles. The van der Waals surface area contributed by atoms with Crippen LogP contribution in [0.4, 0.5) is 5.69 Å². The Hall–Kier alpha value is -0.540. The summed E-state index contributed by atoms with van der Waals surface area (Å²) in [5.41, 5.74) is 4.20. The third-order valence-electron chi connectivity index (χ3n) is 4.31. The van der Waals surface area contributed by atoms with Gasteiger partial charge < -0.3 is 4.90 Å². The van der Waals surface area contributed by atoms with E-state index in [0.717, 1.165) is 11.2 Å². The number of hydrogen-bond acceptors (Lipinski definition) is 2. The van der Waals surface area contributed by atoms with Gasteiger partial charge in [0.15, 0.2) is 0 Å². The Morgan fingerprint density at radius 3 is 2.53 bits per heavy atom. The molecule has 0 spiro atoms. The number of alkyl halides is 1. The maximum absolute atomic E-state index is 3.62. The highest BCUT2D eigenvalue weighted by atomic mass is 79.9. The van der Waals surface area contributed by atoms with E-state index in [4.69, 9.17) is 0 Å². The second-order valence-electron chi connectivity index (χ2n) is 6.00. The van der Waals surface area contributed by atoms with Crippen molar-refractivity contribution in [2.45, 2.75) is 25.1 Å². The summed E-state index contributed by atoms with van der Waals surface area (Å²) in [6.07, 6.45) is 2.93. The van der Waals surface area contributed by atoms with Crippen LogP contribution in [0.1, 0.15) is 24.0 Å². The van der Waals surface area contributed by atoms with Gasteiger partial charge in [0, 0.05) is 43.7 Å². The molecule has 0 amide bonds. The van der Waals surface area contributed by atoms with Crippen molar-refractivity contribution in [3.05, 3.63) is 29.3 Å². The summed E-state index contributed by atoms with van der Waals surface area (Å²) in [6.45, 7) is 8.32. The Kier molecular flexibility index (Phi) is 4.13. The highest BCUT2D eigenvalue weighted by Crippen LogP contribution is 2.30. The summed E-state index contributed by atoms with van der Waals surface area (Å²) in [7, 11) is 0. The van der Waals surface area contributed by atoms with Gasteiger partial charge >= 0.3 is 0 Å². The fourth-order valence-electron chi connectivity index (χ4n) is 2.97. The molecule has 1 aromatic carbocycles. The highest BCUT2D eigenvalue weighted by molar-refractivity contribution is 9.08. The first-order valence-corrected chi connectivity index (χ1v) is 8.51. The normalized spacial score (nSPS) is 20.8. The number of piperazine rings is 1. The molecule has 2 nitrogen and oxygen atoms in total. The van der Waals surface area contributed by atoms with E-state index in [1.807, 2.05) is 0 Å². The molecule has 1 heterocycles. The molecule has 1 aromatic rings. The maximum atomic E-state index is 3.62. The van der Waals surface area contributed by atoms with Crippen LogP contribution in [0.3, 0.4) is 0 Å². The van der Waals surface area contributed by atoms with Crippen LogP contribution in [0, 0.1) is 12.8 Å². The van der Waals surface area contributed by atoms with E-state index < -0.39 is 0 Å². The van der Waals surface area contributed by atoms with Crippen LogP contribution < -0.4 is 4.90 Å². The van der Waals surface area contributed by atoms with E-state index in [0.29, 0.717) is 0 Å². The van der Waals surface area contributed by atoms with Crippen LogP contribution in [0.5, 0.6) is 0 Å². The van der Waals surface area contributed by atoms with Crippen LogP contribution in [0.25, 0.3) is 0 Å². The average Bonchev–Trinajstić information content (AvgIpc) is 3.24. The van der Waals surface area contributed by atoms with Gasteiger partial charge in [0.1, 0.15) is 0 Å². The fourth-order valence-corrected chi connectivity index (χ4v) is 3.42. The zero-order chi connectivity index (χ0) is 13.2. The van der Waals surface area contributed by atoms with Gasteiger partial charge in [-0.3, -0.25) is 4.90 Å². The standard InChI is InChI=1S/C16H23BrN2/c1-13-2-5-16(15(10-13)11-17)19-8-6-18(7-9-19)12-14-3-4-14/h2,5,10,14H,3-4,6-9,11-12H2,1H3. The Balaban J connectivity index is 1.63. The number of anilines is 1. The Bertz CT molecular complexity index is 434. The third-order valence-corrected chi connectivity index (χ3v) is 4.91. The van der Waals surface area contributed by atoms with Crippen LogP contribution in [0.15, 0.2) is 18.2 Å². The molecular formula is C16H23BrN2. The molecule has 104 valence electrons.